The summed E-state index contributed by atoms with van der Waals surface area (Å²) in [6.45, 7) is 1.16. The molecule has 1 saturated carbocycles. The lowest BCUT2D eigenvalue weighted by atomic mass is 9.95. The van der Waals surface area contributed by atoms with Gasteiger partial charge in [0.05, 0.1) is 0 Å². The number of nitrogens with two attached hydrogens (primary N) is 1. The highest BCUT2D eigenvalue weighted by molar-refractivity contribution is 5.79. The first kappa shape index (κ1) is 13.1. The minimum Gasteiger partial charge on any atom is -0.352 e. The number of carbonyl (C=O) groups excluding carboxylic acids is 1. The molecular weight excluding hydrogens is 252 g/mol. The van der Waals surface area contributed by atoms with Gasteiger partial charge in [-0.05, 0) is 43.0 Å². The van der Waals surface area contributed by atoms with Gasteiger partial charge in [0.25, 0.3) is 0 Å². The van der Waals surface area contributed by atoms with E-state index in [4.69, 9.17) is 5.73 Å². The van der Waals surface area contributed by atoms with Crippen LogP contribution < -0.4 is 11.1 Å². The predicted octanol–water partition coefficient (Wildman–Crippen LogP) is 1.33. The number of hydrogen-bond acceptors (Lipinski definition) is 3. The largest absolute Gasteiger partial charge is 0.352 e. The molecule has 1 aliphatic carbocycles. The Bertz CT molecular complexity index is 607. The molecule has 1 aliphatic rings. The zero-order valence-corrected chi connectivity index (χ0v) is 11.5. The molecule has 2 heterocycles. The highest BCUT2D eigenvalue weighted by Crippen LogP contribution is 2.30. The molecule has 20 heavy (non-hydrogen) atoms. The minimum atomic E-state index is 0.0927. The molecule has 0 spiro atoms. The molecule has 2 atom stereocenters. The number of carbonyl (C=O) groups is 1. The molecule has 0 aromatic carbocycles. The Kier molecular flexibility index (Phi) is 3.69. The lowest BCUT2D eigenvalue weighted by molar-refractivity contribution is -0.126. The van der Waals surface area contributed by atoms with E-state index in [1.165, 1.54) is 0 Å². The van der Waals surface area contributed by atoms with Crippen LogP contribution in [-0.2, 0) is 11.3 Å². The minimum absolute atomic E-state index is 0.0927. The van der Waals surface area contributed by atoms with Gasteiger partial charge in [-0.2, -0.15) is 0 Å². The van der Waals surface area contributed by atoms with Crippen molar-refractivity contribution in [3.63, 3.8) is 0 Å². The smallest absolute Gasteiger partial charge is 0.223 e. The summed E-state index contributed by atoms with van der Waals surface area (Å²) in [5.74, 6) is 0.584. The molecule has 0 saturated heterocycles. The molecule has 5 heteroatoms. The molecule has 0 aliphatic heterocycles. The second-order valence-electron chi connectivity index (χ2n) is 5.48. The van der Waals surface area contributed by atoms with E-state index < -0.39 is 0 Å². The molecule has 1 amide bonds. The van der Waals surface area contributed by atoms with Gasteiger partial charge in [0.1, 0.15) is 5.65 Å². The summed E-state index contributed by atoms with van der Waals surface area (Å²) in [7, 11) is 0. The van der Waals surface area contributed by atoms with E-state index in [9.17, 15) is 4.79 Å². The molecule has 3 rings (SSSR count). The second kappa shape index (κ2) is 5.63. The summed E-state index contributed by atoms with van der Waals surface area (Å²) >= 11 is 0. The third-order valence-electron chi connectivity index (χ3n) is 4.23. The molecule has 3 N–H and O–H groups in total. The van der Waals surface area contributed by atoms with Gasteiger partial charge in [-0.25, -0.2) is 4.98 Å². The Morgan fingerprint density at radius 1 is 1.45 bits per heavy atom. The number of hydrogen-bond donors (Lipinski definition) is 2. The van der Waals surface area contributed by atoms with Crippen LogP contribution in [0.3, 0.4) is 0 Å². The molecule has 106 valence electrons. The van der Waals surface area contributed by atoms with Crippen LogP contribution in [0.5, 0.6) is 0 Å². The fourth-order valence-electron chi connectivity index (χ4n) is 3.05. The van der Waals surface area contributed by atoms with E-state index in [0.717, 1.165) is 30.5 Å². The lowest BCUT2D eigenvalue weighted by Crippen LogP contribution is -2.34. The number of nitrogens with one attached hydrogen (secondary N) is 1. The van der Waals surface area contributed by atoms with Crippen molar-refractivity contribution in [3.05, 3.63) is 36.3 Å². The molecule has 2 aromatic rings. The van der Waals surface area contributed by atoms with Gasteiger partial charge < -0.3 is 15.5 Å². The molecule has 5 nitrogen and oxygen atoms in total. The Morgan fingerprint density at radius 2 is 2.35 bits per heavy atom. The lowest BCUT2D eigenvalue weighted by Gasteiger charge is -2.17. The van der Waals surface area contributed by atoms with Crippen molar-refractivity contribution in [1.82, 2.24) is 14.7 Å². The van der Waals surface area contributed by atoms with E-state index >= 15 is 0 Å². The quantitative estimate of drug-likeness (QED) is 0.882. The van der Waals surface area contributed by atoms with Crippen molar-refractivity contribution in [2.24, 2.45) is 17.6 Å². The second-order valence-corrected chi connectivity index (χ2v) is 5.48. The van der Waals surface area contributed by atoms with Crippen LogP contribution in [0, 0.1) is 11.8 Å². The maximum Gasteiger partial charge on any atom is 0.223 e. The summed E-state index contributed by atoms with van der Waals surface area (Å²) in [5, 5.41) is 3.03. The van der Waals surface area contributed by atoms with Crippen molar-refractivity contribution in [2.45, 2.75) is 25.8 Å². The van der Waals surface area contributed by atoms with Gasteiger partial charge in [-0.3, -0.25) is 4.79 Å². The number of fused-ring (bicyclic) bond motifs is 1. The van der Waals surface area contributed by atoms with Crippen LogP contribution in [0.15, 0.2) is 30.7 Å². The third kappa shape index (κ3) is 2.54. The SMILES string of the molecule is NC[C@H]1CCC[C@H]1C(=O)NCc1ccn2ccnc2c1. The number of rotatable bonds is 4. The number of nitrogens with zero attached hydrogens (tertiary/aromatic N) is 2. The Morgan fingerprint density at radius 3 is 3.20 bits per heavy atom. The van der Waals surface area contributed by atoms with Gasteiger partial charge in [-0.15, -0.1) is 0 Å². The average Bonchev–Trinajstić information content (AvgIpc) is 3.12. The summed E-state index contributed by atoms with van der Waals surface area (Å²) in [6, 6.07) is 4.00. The van der Waals surface area contributed by atoms with Crippen LogP contribution in [0.2, 0.25) is 0 Å². The zero-order chi connectivity index (χ0) is 13.9. The summed E-state index contributed by atoms with van der Waals surface area (Å²) in [5.41, 5.74) is 7.70. The average molecular weight is 272 g/mol. The molecule has 1 fully saturated rings. The molecule has 0 unspecified atom stereocenters. The Balaban J connectivity index is 1.62. The van der Waals surface area contributed by atoms with Crippen molar-refractivity contribution in [2.75, 3.05) is 6.54 Å². The first-order valence-corrected chi connectivity index (χ1v) is 7.17. The first-order chi connectivity index (χ1) is 9.78. The summed E-state index contributed by atoms with van der Waals surface area (Å²) in [4.78, 5) is 16.5. The van der Waals surface area contributed by atoms with E-state index in [2.05, 4.69) is 10.3 Å². The highest BCUT2D eigenvalue weighted by atomic mass is 16.1. The van der Waals surface area contributed by atoms with Gasteiger partial charge >= 0.3 is 0 Å². The number of aromatic nitrogens is 2. The van der Waals surface area contributed by atoms with E-state index in [-0.39, 0.29) is 11.8 Å². The maximum absolute atomic E-state index is 12.2. The third-order valence-corrected chi connectivity index (χ3v) is 4.23. The van der Waals surface area contributed by atoms with Crippen molar-refractivity contribution in [1.29, 1.82) is 0 Å². The van der Waals surface area contributed by atoms with E-state index in [0.29, 0.717) is 19.0 Å². The number of amides is 1. The van der Waals surface area contributed by atoms with Crippen LogP contribution in [0.1, 0.15) is 24.8 Å². The standard InChI is InChI=1S/C15H20N4O/c16-9-12-2-1-3-13(12)15(20)18-10-11-4-6-19-7-5-17-14(19)8-11/h4-8,12-13H,1-3,9-10,16H2,(H,18,20)/t12-,13-/m1/s1. The van der Waals surface area contributed by atoms with Crippen LogP contribution in [0.4, 0.5) is 0 Å². The van der Waals surface area contributed by atoms with Crippen LogP contribution in [0.25, 0.3) is 5.65 Å². The van der Waals surface area contributed by atoms with Crippen LogP contribution >= 0.6 is 0 Å². The van der Waals surface area contributed by atoms with Crippen molar-refractivity contribution < 1.29 is 4.79 Å². The monoisotopic (exact) mass is 272 g/mol. The number of pyridine rings is 1. The highest BCUT2D eigenvalue weighted by Gasteiger charge is 2.31. The topological polar surface area (TPSA) is 72.4 Å². The van der Waals surface area contributed by atoms with Crippen molar-refractivity contribution >= 4 is 11.6 Å². The summed E-state index contributed by atoms with van der Waals surface area (Å²) < 4.78 is 1.95. The van der Waals surface area contributed by atoms with Gasteiger partial charge in [-0.1, -0.05) is 6.42 Å². The Labute approximate surface area is 118 Å². The van der Waals surface area contributed by atoms with Crippen LogP contribution in [-0.4, -0.2) is 21.8 Å². The zero-order valence-electron chi connectivity index (χ0n) is 11.5. The fraction of sp³-hybridized carbons (Fsp3) is 0.467. The molecule has 2 aromatic heterocycles. The number of imidazole rings is 1. The normalized spacial score (nSPS) is 22.2. The molecule has 0 radical (unpaired) electrons. The Hall–Kier alpha value is -1.88. The fourth-order valence-corrected chi connectivity index (χ4v) is 3.05. The summed E-state index contributed by atoms with van der Waals surface area (Å²) in [6.07, 6.45) is 8.79. The van der Waals surface area contributed by atoms with Gasteiger partial charge in [0.2, 0.25) is 5.91 Å². The van der Waals surface area contributed by atoms with Gasteiger partial charge in [0.15, 0.2) is 0 Å². The van der Waals surface area contributed by atoms with Crippen molar-refractivity contribution in [3.8, 4) is 0 Å². The molecular formula is C15H20N4O. The predicted molar refractivity (Wildman–Crippen MR) is 76.9 cm³/mol. The van der Waals surface area contributed by atoms with Gasteiger partial charge in [0, 0.05) is 31.1 Å². The maximum atomic E-state index is 12.2. The molecule has 0 bridgehead atoms. The first-order valence-electron chi connectivity index (χ1n) is 7.17. The van der Waals surface area contributed by atoms with E-state index in [1.54, 1.807) is 6.20 Å². The van der Waals surface area contributed by atoms with E-state index in [1.807, 2.05) is 28.9 Å².